The maximum atomic E-state index is 10.9. The molecule has 3 nitrogen and oxygen atoms in total. The summed E-state index contributed by atoms with van der Waals surface area (Å²) in [7, 11) is 0. The first kappa shape index (κ1) is 23.9. The van der Waals surface area contributed by atoms with Crippen LogP contribution in [0.25, 0.3) is 0 Å². The lowest BCUT2D eigenvalue weighted by Gasteiger charge is -2.13. The third-order valence-corrected chi connectivity index (χ3v) is 6.56. The molecule has 3 rings (SSSR count). The van der Waals surface area contributed by atoms with E-state index in [1.807, 2.05) is 25.1 Å². The smallest absolute Gasteiger partial charge is 0.307 e. The third-order valence-electron chi connectivity index (χ3n) is 5.29. The molecule has 168 valence electrons. The molecule has 0 aliphatic heterocycles. The Morgan fingerprint density at radius 3 is 2.47 bits per heavy atom. The lowest BCUT2D eigenvalue weighted by Crippen LogP contribution is -2.03. The Kier molecular flexibility index (Phi) is 9.24. The summed E-state index contributed by atoms with van der Waals surface area (Å²) in [5, 5.41) is 8.94. The van der Waals surface area contributed by atoms with Gasteiger partial charge in [-0.15, -0.1) is 11.8 Å². The second-order valence-electron chi connectivity index (χ2n) is 8.08. The van der Waals surface area contributed by atoms with Crippen molar-refractivity contribution in [3.63, 3.8) is 0 Å². The molecule has 0 atom stereocenters. The topological polar surface area (TPSA) is 46.5 Å². The van der Waals surface area contributed by atoms with Crippen molar-refractivity contribution in [2.75, 3.05) is 12.4 Å². The number of hydrogen-bond acceptors (Lipinski definition) is 3. The number of benzene rings is 3. The van der Waals surface area contributed by atoms with Crippen LogP contribution in [0.1, 0.15) is 47.6 Å². The van der Waals surface area contributed by atoms with Crippen LogP contribution in [0.4, 0.5) is 0 Å². The van der Waals surface area contributed by atoms with Gasteiger partial charge in [-0.25, -0.2) is 0 Å². The van der Waals surface area contributed by atoms with E-state index in [9.17, 15) is 4.79 Å². The second kappa shape index (κ2) is 12.4. The van der Waals surface area contributed by atoms with Crippen LogP contribution >= 0.6 is 11.8 Å². The fraction of sp³-hybridized carbons (Fsp3) is 0.321. The zero-order chi connectivity index (χ0) is 22.8. The van der Waals surface area contributed by atoms with Gasteiger partial charge < -0.3 is 9.84 Å². The summed E-state index contributed by atoms with van der Waals surface area (Å²) < 4.78 is 6.15. The number of rotatable bonds is 12. The number of ether oxygens (including phenoxy) is 1. The zero-order valence-electron chi connectivity index (χ0n) is 19.0. The van der Waals surface area contributed by atoms with Gasteiger partial charge in [0, 0.05) is 10.6 Å². The van der Waals surface area contributed by atoms with Gasteiger partial charge in [0.05, 0.1) is 13.0 Å². The minimum Gasteiger partial charge on any atom is -0.493 e. The molecule has 4 heteroatoms. The van der Waals surface area contributed by atoms with Gasteiger partial charge >= 0.3 is 5.97 Å². The molecule has 32 heavy (non-hydrogen) atoms. The summed E-state index contributed by atoms with van der Waals surface area (Å²) in [6.45, 7) is 4.93. The number of carbonyl (C=O) groups is 1. The van der Waals surface area contributed by atoms with E-state index >= 15 is 0 Å². The summed E-state index contributed by atoms with van der Waals surface area (Å²) in [5.74, 6) is 1.18. The standard InChI is InChI=1S/C28H32O3S/c1-3-8-25-19-24(18-22-9-5-4-6-10-22)11-13-26(25)31-15-7-16-32-27-14-12-23(17-21(27)2)20-28(29)30/h4-6,9-14,17,19H,3,7-8,15-16,18,20H2,1-2H3,(H,29,30). The Labute approximate surface area is 195 Å². The third kappa shape index (κ3) is 7.45. The monoisotopic (exact) mass is 448 g/mol. The van der Waals surface area contributed by atoms with Gasteiger partial charge in [0.25, 0.3) is 0 Å². The van der Waals surface area contributed by atoms with Gasteiger partial charge in [-0.3, -0.25) is 4.79 Å². The van der Waals surface area contributed by atoms with Crippen molar-refractivity contribution >= 4 is 17.7 Å². The van der Waals surface area contributed by atoms with Gasteiger partial charge in [-0.05, 0) is 66.1 Å². The Morgan fingerprint density at radius 2 is 1.75 bits per heavy atom. The van der Waals surface area contributed by atoms with Crippen LogP contribution in [0.15, 0.2) is 71.6 Å². The lowest BCUT2D eigenvalue weighted by molar-refractivity contribution is -0.136. The number of carboxylic acids is 1. The van der Waals surface area contributed by atoms with E-state index in [1.54, 1.807) is 11.8 Å². The molecule has 0 unspecified atom stereocenters. The molecule has 0 aliphatic rings. The first-order chi connectivity index (χ1) is 15.5. The van der Waals surface area contributed by atoms with Gasteiger partial charge in [0.2, 0.25) is 0 Å². The molecule has 1 N–H and O–H groups in total. The largest absolute Gasteiger partial charge is 0.493 e. The lowest BCUT2D eigenvalue weighted by atomic mass is 10.0. The predicted molar refractivity (Wildman–Crippen MR) is 133 cm³/mol. The average molecular weight is 449 g/mol. The number of aryl methyl sites for hydroxylation is 2. The molecule has 0 amide bonds. The molecule has 0 bridgehead atoms. The van der Waals surface area contributed by atoms with Crippen LogP contribution in [-0.2, 0) is 24.1 Å². The first-order valence-electron chi connectivity index (χ1n) is 11.3. The molecule has 3 aromatic rings. The van der Waals surface area contributed by atoms with Gasteiger partial charge in [0.15, 0.2) is 0 Å². The molecule has 0 saturated heterocycles. The molecular formula is C28H32O3S. The molecule has 0 fully saturated rings. The number of thioether (sulfide) groups is 1. The zero-order valence-corrected chi connectivity index (χ0v) is 19.8. The highest BCUT2D eigenvalue weighted by atomic mass is 32.2. The predicted octanol–water partition coefficient (Wildman–Crippen LogP) is 6.73. The van der Waals surface area contributed by atoms with Crippen LogP contribution in [0.2, 0.25) is 0 Å². The minimum absolute atomic E-state index is 0.0733. The highest BCUT2D eigenvalue weighted by Gasteiger charge is 2.07. The SMILES string of the molecule is CCCc1cc(Cc2ccccc2)ccc1OCCCSc1ccc(CC(=O)O)cc1C. The van der Waals surface area contributed by atoms with Crippen molar-refractivity contribution in [1.29, 1.82) is 0 Å². The first-order valence-corrected chi connectivity index (χ1v) is 12.3. The second-order valence-corrected chi connectivity index (χ2v) is 9.21. The van der Waals surface area contributed by atoms with Crippen LogP contribution < -0.4 is 4.74 Å². The summed E-state index contributed by atoms with van der Waals surface area (Å²) in [6.07, 6.45) is 4.09. The number of hydrogen-bond donors (Lipinski definition) is 1. The Bertz CT molecular complexity index is 1010. The molecule has 0 aliphatic carbocycles. The van der Waals surface area contributed by atoms with Crippen molar-refractivity contribution < 1.29 is 14.6 Å². The van der Waals surface area contributed by atoms with Crippen LogP contribution in [0, 0.1) is 6.92 Å². The number of aliphatic carboxylic acids is 1. The quantitative estimate of drug-likeness (QED) is 0.247. The van der Waals surface area contributed by atoms with Crippen LogP contribution in [0.5, 0.6) is 5.75 Å². The Balaban J connectivity index is 1.50. The summed E-state index contributed by atoms with van der Waals surface area (Å²) in [4.78, 5) is 12.1. The normalized spacial score (nSPS) is 10.8. The maximum absolute atomic E-state index is 10.9. The highest BCUT2D eigenvalue weighted by Crippen LogP contribution is 2.26. The minimum atomic E-state index is -0.794. The van der Waals surface area contributed by atoms with Crippen molar-refractivity contribution in [1.82, 2.24) is 0 Å². The number of carboxylic acid groups (broad SMARTS) is 1. The van der Waals surface area contributed by atoms with E-state index in [-0.39, 0.29) is 6.42 Å². The van der Waals surface area contributed by atoms with Crippen molar-refractivity contribution in [3.8, 4) is 5.75 Å². The van der Waals surface area contributed by atoms with E-state index in [1.165, 1.54) is 21.6 Å². The van der Waals surface area contributed by atoms with Gasteiger partial charge in [-0.2, -0.15) is 0 Å². The Hall–Kier alpha value is -2.72. The maximum Gasteiger partial charge on any atom is 0.307 e. The molecule has 0 radical (unpaired) electrons. The van der Waals surface area contributed by atoms with E-state index < -0.39 is 5.97 Å². The average Bonchev–Trinajstić information content (AvgIpc) is 2.77. The summed E-state index contributed by atoms with van der Waals surface area (Å²) in [6, 6.07) is 23.1. The molecule has 0 aromatic heterocycles. The van der Waals surface area contributed by atoms with Gasteiger partial charge in [0.1, 0.15) is 5.75 Å². The summed E-state index contributed by atoms with van der Waals surface area (Å²) >= 11 is 1.80. The molecule has 3 aromatic carbocycles. The summed E-state index contributed by atoms with van der Waals surface area (Å²) in [5.41, 5.74) is 5.92. The van der Waals surface area contributed by atoms with Crippen molar-refractivity contribution in [2.45, 2.75) is 50.8 Å². The highest BCUT2D eigenvalue weighted by molar-refractivity contribution is 7.99. The molecule has 0 saturated carbocycles. The van der Waals surface area contributed by atoms with Crippen molar-refractivity contribution in [2.24, 2.45) is 0 Å². The molecule has 0 spiro atoms. The van der Waals surface area contributed by atoms with E-state index in [0.29, 0.717) is 6.61 Å². The fourth-order valence-corrected chi connectivity index (χ4v) is 4.69. The molecular weight excluding hydrogens is 416 g/mol. The Morgan fingerprint density at radius 1 is 0.969 bits per heavy atom. The van der Waals surface area contributed by atoms with Crippen molar-refractivity contribution in [3.05, 3.63) is 94.5 Å². The van der Waals surface area contributed by atoms with E-state index in [0.717, 1.165) is 48.3 Å². The molecule has 0 heterocycles. The fourth-order valence-electron chi connectivity index (χ4n) is 3.76. The van der Waals surface area contributed by atoms with Crippen LogP contribution in [0.3, 0.4) is 0 Å². The van der Waals surface area contributed by atoms with Crippen LogP contribution in [-0.4, -0.2) is 23.4 Å². The van der Waals surface area contributed by atoms with Gasteiger partial charge in [-0.1, -0.05) is 67.9 Å². The van der Waals surface area contributed by atoms with E-state index in [4.69, 9.17) is 9.84 Å². The van der Waals surface area contributed by atoms with E-state index in [2.05, 4.69) is 55.5 Å².